The Morgan fingerprint density at radius 1 is 1.47 bits per heavy atom. The van der Waals surface area contributed by atoms with Gasteiger partial charge in [-0.05, 0) is 31.1 Å². The second kappa shape index (κ2) is 10.1. The number of halogens is 1. The maximum absolute atomic E-state index is 5.55. The highest BCUT2D eigenvalue weighted by atomic mass is 79.9. The fourth-order valence-corrected chi connectivity index (χ4v) is 1.46. The van der Waals surface area contributed by atoms with E-state index in [9.17, 15) is 0 Å². The zero-order chi connectivity index (χ0) is 11.5. The Bertz CT molecular complexity index is 234. The van der Waals surface area contributed by atoms with Crippen LogP contribution in [-0.2, 0) is 4.74 Å². The van der Waals surface area contributed by atoms with Gasteiger partial charge in [-0.1, -0.05) is 41.3 Å². The molecule has 0 heterocycles. The van der Waals surface area contributed by atoms with Gasteiger partial charge in [-0.15, -0.1) is 0 Å². The lowest BCUT2D eigenvalue weighted by Crippen LogP contribution is -1.94. The zero-order valence-corrected chi connectivity index (χ0v) is 10.9. The van der Waals surface area contributed by atoms with Crippen LogP contribution in [0.4, 0.5) is 0 Å². The second-order valence-corrected chi connectivity index (χ2v) is 3.65. The van der Waals surface area contributed by atoms with E-state index in [0.717, 1.165) is 30.3 Å². The summed E-state index contributed by atoms with van der Waals surface area (Å²) in [7, 11) is 5.40. The SMILES string of the molecule is [B]CCCCO/C(C=C)=C/C(=C\C)CBr. The van der Waals surface area contributed by atoms with Gasteiger partial charge in [-0.3, -0.25) is 0 Å². The Labute approximate surface area is 103 Å². The highest BCUT2D eigenvalue weighted by Gasteiger charge is 1.95. The van der Waals surface area contributed by atoms with Gasteiger partial charge < -0.3 is 4.74 Å². The zero-order valence-electron chi connectivity index (χ0n) is 9.34. The highest BCUT2D eigenvalue weighted by Crippen LogP contribution is 2.09. The summed E-state index contributed by atoms with van der Waals surface area (Å²) in [6.45, 7) is 6.43. The number of unbranched alkanes of at least 4 members (excludes halogenated alkanes) is 1. The van der Waals surface area contributed by atoms with Gasteiger partial charge in [0, 0.05) is 5.33 Å². The Kier molecular flexibility index (Phi) is 9.80. The lowest BCUT2D eigenvalue weighted by atomic mass is 10.0. The number of hydrogen-bond acceptors (Lipinski definition) is 1. The summed E-state index contributed by atoms with van der Waals surface area (Å²) >= 11 is 3.41. The van der Waals surface area contributed by atoms with E-state index < -0.39 is 0 Å². The molecule has 2 radical (unpaired) electrons. The molecule has 0 aliphatic rings. The van der Waals surface area contributed by atoms with Gasteiger partial charge in [0.1, 0.15) is 5.76 Å². The normalized spacial score (nSPS) is 12.7. The molecule has 0 aliphatic carbocycles. The van der Waals surface area contributed by atoms with Gasteiger partial charge >= 0.3 is 0 Å². The number of rotatable bonds is 8. The molecular weight excluding hydrogens is 251 g/mol. The minimum atomic E-state index is 0.703. The fraction of sp³-hybridized carbons (Fsp3) is 0.500. The summed E-state index contributed by atoms with van der Waals surface area (Å²) in [4.78, 5) is 0. The summed E-state index contributed by atoms with van der Waals surface area (Å²) in [5.41, 5.74) is 1.18. The van der Waals surface area contributed by atoms with Crippen LogP contribution in [0.1, 0.15) is 19.8 Å². The number of ether oxygens (including phenoxy) is 1. The molecule has 0 N–H and O–H groups in total. The van der Waals surface area contributed by atoms with E-state index >= 15 is 0 Å². The molecule has 0 aromatic carbocycles. The first-order valence-corrected chi connectivity index (χ1v) is 6.28. The maximum Gasteiger partial charge on any atom is 0.118 e. The first kappa shape index (κ1) is 14.6. The molecule has 0 rings (SSSR count). The quantitative estimate of drug-likeness (QED) is 0.214. The van der Waals surface area contributed by atoms with Crippen molar-refractivity contribution in [2.45, 2.75) is 26.1 Å². The van der Waals surface area contributed by atoms with Crippen molar-refractivity contribution in [1.82, 2.24) is 0 Å². The Hall–Kier alpha value is -0.435. The van der Waals surface area contributed by atoms with E-state index in [1.165, 1.54) is 5.57 Å². The van der Waals surface area contributed by atoms with Crippen molar-refractivity contribution in [3.05, 3.63) is 36.1 Å². The van der Waals surface area contributed by atoms with Crippen LogP contribution in [0.2, 0.25) is 6.32 Å². The van der Waals surface area contributed by atoms with Crippen LogP contribution in [0.25, 0.3) is 0 Å². The monoisotopic (exact) mass is 268 g/mol. The molecule has 0 fully saturated rings. The first-order chi connectivity index (χ1) is 7.28. The molecule has 1 nitrogen and oxygen atoms in total. The lowest BCUT2D eigenvalue weighted by molar-refractivity contribution is 0.219. The molecule has 3 heteroatoms. The molecule has 0 bridgehead atoms. The van der Waals surface area contributed by atoms with E-state index in [4.69, 9.17) is 12.6 Å². The number of hydrogen-bond donors (Lipinski definition) is 0. The van der Waals surface area contributed by atoms with Gasteiger partial charge in [0.05, 0.1) is 14.5 Å². The van der Waals surface area contributed by atoms with Crippen LogP contribution in [0.5, 0.6) is 0 Å². The van der Waals surface area contributed by atoms with Crippen molar-refractivity contribution in [2.24, 2.45) is 0 Å². The molecule has 0 spiro atoms. The smallest absolute Gasteiger partial charge is 0.118 e. The molecular formula is C12H18BBrO. The van der Waals surface area contributed by atoms with E-state index in [-0.39, 0.29) is 0 Å². The van der Waals surface area contributed by atoms with Gasteiger partial charge in [-0.25, -0.2) is 0 Å². The third-order valence-corrected chi connectivity index (χ3v) is 2.57. The Morgan fingerprint density at radius 3 is 2.67 bits per heavy atom. The van der Waals surface area contributed by atoms with E-state index in [0.29, 0.717) is 6.61 Å². The molecule has 0 saturated carbocycles. The fourth-order valence-electron chi connectivity index (χ4n) is 0.978. The van der Waals surface area contributed by atoms with Crippen LogP contribution in [0.15, 0.2) is 36.1 Å². The van der Waals surface area contributed by atoms with Crippen LogP contribution < -0.4 is 0 Å². The van der Waals surface area contributed by atoms with E-state index in [1.807, 2.05) is 19.1 Å². The molecule has 15 heavy (non-hydrogen) atoms. The number of alkyl halides is 1. The molecule has 0 aromatic rings. The average Bonchev–Trinajstić information content (AvgIpc) is 2.28. The van der Waals surface area contributed by atoms with Crippen molar-refractivity contribution in [2.75, 3.05) is 11.9 Å². The molecule has 82 valence electrons. The summed E-state index contributed by atoms with van der Waals surface area (Å²) in [5, 5.41) is 0.826. The topological polar surface area (TPSA) is 9.23 Å². The first-order valence-electron chi connectivity index (χ1n) is 5.16. The average molecular weight is 269 g/mol. The van der Waals surface area contributed by atoms with Gasteiger partial charge in [-0.2, -0.15) is 0 Å². The largest absolute Gasteiger partial charge is 0.494 e. The van der Waals surface area contributed by atoms with Crippen molar-refractivity contribution in [1.29, 1.82) is 0 Å². The molecule has 0 amide bonds. The van der Waals surface area contributed by atoms with Crippen LogP contribution in [0, 0.1) is 0 Å². The van der Waals surface area contributed by atoms with Crippen LogP contribution in [0.3, 0.4) is 0 Å². The summed E-state index contributed by atoms with van der Waals surface area (Å²) in [6, 6.07) is 0. The molecule has 0 aliphatic heterocycles. The van der Waals surface area contributed by atoms with Crippen molar-refractivity contribution in [3.8, 4) is 0 Å². The molecule has 0 atom stereocenters. The predicted octanol–water partition coefficient (Wildman–Crippen LogP) is 3.78. The Morgan fingerprint density at radius 2 is 2.20 bits per heavy atom. The summed E-state index contributed by atoms with van der Waals surface area (Å²) in [5.74, 6) is 0.819. The predicted molar refractivity (Wildman–Crippen MR) is 71.6 cm³/mol. The highest BCUT2D eigenvalue weighted by molar-refractivity contribution is 9.09. The summed E-state index contributed by atoms with van der Waals surface area (Å²) in [6.07, 6.45) is 8.47. The minimum absolute atomic E-state index is 0.703. The standard InChI is InChI=1S/C12H18BBrO/c1-3-11(10-14)9-12(4-2)15-8-6-5-7-13/h3-4,9H,2,5-8,10H2,1H3/b11-3+,12-9+. The third kappa shape index (κ3) is 7.49. The third-order valence-electron chi connectivity index (χ3n) is 1.92. The molecule has 0 unspecified atom stereocenters. The second-order valence-electron chi connectivity index (χ2n) is 3.09. The van der Waals surface area contributed by atoms with E-state index in [1.54, 1.807) is 6.08 Å². The maximum atomic E-state index is 5.55. The molecule has 0 aromatic heterocycles. The lowest BCUT2D eigenvalue weighted by Gasteiger charge is -2.07. The van der Waals surface area contributed by atoms with Crippen molar-refractivity contribution >= 4 is 23.8 Å². The van der Waals surface area contributed by atoms with Gasteiger partial charge in [0.2, 0.25) is 0 Å². The van der Waals surface area contributed by atoms with Crippen LogP contribution in [-0.4, -0.2) is 19.8 Å². The summed E-state index contributed by atoms with van der Waals surface area (Å²) < 4.78 is 5.55. The Balaban J connectivity index is 4.06. The van der Waals surface area contributed by atoms with Gasteiger partial charge in [0.25, 0.3) is 0 Å². The van der Waals surface area contributed by atoms with E-state index in [2.05, 4.69) is 22.5 Å². The van der Waals surface area contributed by atoms with Crippen molar-refractivity contribution in [3.63, 3.8) is 0 Å². The van der Waals surface area contributed by atoms with Gasteiger partial charge in [0.15, 0.2) is 0 Å². The minimum Gasteiger partial charge on any atom is -0.494 e. The molecule has 0 saturated heterocycles. The number of allylic oxidation sites excluding steroid dienone is 4. The van der Waals surface area contributed by atoms with Crippen LogP contribution >= 0.6 is 15.9 Å². The van der Waals surface area contributed by atoms with Crippen molar-refractivity contribution < 1.29 is 4.74 Å².